The summed E-state index contributed by atoms with van der Waals surface area (Å²) in [5, 5.41) is 0. The van der Waals surface area contributed by atoms with Gasteiger partial charge in [0, 0.05) is 18.0 Å². The van der Waals surface area contributed by atoms with Gasteiger partial charge in [-0.25, -0.2) is 40.6 Å². The van der Waals surface area contributed by atoms with Gasteiger partial charge in [-0.15, -0.1) is 0 Å². The molecular formula is C35H33F5N4O6S. The second-order valence-electron chi connectivity index (χ2n) is 11.7. The molecule has 0 bridgehead atoms. The number of hydroxylamine groups is 1. The van der Waals surface area contributed by atoms with Crippen molar-refractivity contribution in [2.24, 2.45) is 0 Å². The lowest BCUT2D eigenvalue weighted by atomic mass is 9.85. The van der Waals surface area contributed by atoms with Crippen molar-refractivity contribution >= 4 is 27.5 Å². The summed E-state index contributed by atoms with van der Waals surface area (Å²) >= 11 is 0. The van der Waals surface area contributed by atoms with Crippen molar-refractivity contribution < 1.29 is 49.5 Å². The van der Waals surface area contributed by atoms with Crippen LogP contribution in [0.3, 0.4) is 0 Å². The number of halogens is 5. The zero-order chi connectivity index (χ0) is 36.7. The molecule has 1 fully saturated rings. The molecule has 270 valence electrons. The predicted octanol–water partition coefficient (Wildman–Crippen LogP) is 6.21. The van der Waals surface area contributed by atoms with Gasteiger partial charge >= 0.3 is 0 Å². The van der Waals surface area contributed by atoms with Gasteiger partial charge in [0.05, 0.1) is 31.5 Å². The van der Waals surface area contributed by atoms with Gasteiger partial charge in [-0.3, -0.25) is 19.4 Å². The second-order valence-corrected chi connectivity index (χ2v) is 13.4. The first kappa shape index (κ1) is 37.3. The number of rotatable bonds is 13. The summed E-state index contributed by atoms with van der Waals surface area (Å²) in [5.74, 6) is -14.0. The van der Waals surface area contributed by atoms with Crippen molar-refractivity contribution in [1.29, 1.82) is 0 Å². The third-order valence-electron chi connectivity index (χ3n) is 8.35. The highest BCUT2D eigenvalue weighted by Gasteiger charge is 2.34. The largest absolute Gasteiger partial charge is 0.488 e. The van der Waals surface area contributed by atoms with E-state index in [0.717, 1.165) is 48.1 Å². The molecule has 2 N–H and O–H groups in total. The Morgan fingerprint density at radius 2 is 1.55 bits per heavy atom. The Bertz CT molecular complexity index is 1970. The third-order valence-corrected chi connectivity index (χ3v) is 9.77. The van der Waals surface area contributed by atoms with Crippen molar-refractivity contribution in [3.8, 4) is 5.75 Å². The molecule has 1 aliphatic rings. The molecule has 0 atom stereocenters. The molecule has 1 heterocycles. The first-order valence-electron chi connectivity index (χ1n) is 15.8. The molecule has 2 amide bonds. The number of carbonyl (C=O) groups excluding carboxylic acids is 2. The quantitative estimate of drug-likeness (QED) is 0.0725. The number of amides is 2. The molecule has 51 heavy (non-hydrogen) atoms. The molecule has 1 saturated carbocycles. The van der Waals surface area contributed by atoms with Crippen LogP contribution in [0.2, 0.25) is 0 Å². The van der Waals surface area contributed by atoms with Crippen LogP contribution < -0.4 is 19.8 Å². The minimum Gasteiger partial charge on any atom is -0.488 e. The molecule has 16 heteroatoms. The predicted molar refractivity (Wildman–Crippen MR) is 174 cm³/mol. The Balaban J connectivity index is 1.48. The van der Waals surface area contributed by atoms with Crippen molar-refractivity contribution in [1.82, 2.24) is 15.2 Å². The number of anilines is 1. The summed E-state index contributed by atoms with van der Waals surface area (Å²) < 4.78 is 103. The fraction of sp³-hybridized carbons (Fsp3) is 0.286. The van der Waals surface area contributed by atoms with Crippen LogP contribution in [0.25, 0.3) is 0 Å². The maximum atomic E-state index is 14.4. The Kier molecular flexibility index (Phi) is 12.0. The highest BCUT2D eigenvalue weighted by atomic mass is 32.2. The van der Waals surface area contributed by atoms with Gasteiger partial charge in [0.15, 0.2) is 28.2 Å². The van der Waals surface area contributed by atoms with Gasteiger partial charge in [-0.2, -0.15) is 0 Å². The number of nitrogens with one attached hydrogen (secondary N) is 2. The standard InChI is InChI=1S/C35H33F5N4O6S/c1-49-43-35(46)26-15-14-25(16-27(26)50-20-21-8-4-2-5-9-21)44(19-24-13-12-23(17-41-24)22-10-6-3-7-11-22)28(45)18-42-51(47,48)34-32(39)30(37)29(36)31(38)33(34)40/h2,4-5,8-9,12-17,22,42H,3,6-7,10-11,18-20H2,1H3,(H,43,46). The monoisotopic (exact) mass is 732 g/mol. The molecule has 3 aromatic carbocycles. The van der Waals surface area contributed by atoms with Crippen LogP contribution >= 0.6 is 0 Å². The molecule has 0 aliphatic heterocycles. The van der Waals surface area contributed by atoms with Gasteiger partial charge in [-0.05, 0) is 48.1 Å². The van der Waals surface area contributed by atoms with E-state index in [1.54, 1.807) is 47.3 Å². The van der Waals surface area contributed by atoms with Crippen molar-refractivity contribution in [2.75, 3.05) is 18.6 Å². The molecule has 0 saturated heterocycles. The molecule has 4 aromatic rings. The minimum atomic E-state index is -5.46. The van der Waals surface area contributed by atoms with Crippen LogP contribution in [-0.4, -0.2) is 38.9 Å². The summed E-state index contributed by atoms with van der Waals surface area (Å²) in [7, 11) is -4.22. The Labute approximate surface area is 290 Å². The molecule has 10 nitrogen and oxygen atoms in total. The SMILES string of the molecule is CONC(=O)c1ccc(N(Cc2ccc(C3CCCCC3)cn2)C(=O)CNS(=O)(=O)c2c(F)c(F)c(F)c(F)c2F)cc1OCc1ccccc1. The number of nitrogens with zero attached hydrogens (tertiary/aromatic N) is 2. The highest BCUT2D eigenvalue weighted by molar-refractivity contribution is 7.89. The van der Waals surface area contributed by atoms with Crippen LogP contribution in [0.15, 0.2) is 71.8 Å². The van der Waals surface area contributed by atoms with Crippen LogP contribution in [-0.2, 0) is 32.8 Å². The topological polar surface area (TPSA) is 127 Å². The van der Waals surface area contributed by atoms with E-state index in [0.29, 0.717) is 11.6 Å². The number of hydrogen-bond acceptors (Lipinski definition) is 7. The molecular weight excluding hydrogens is 699 g/mol. The van der Waals surface area contributed by atoms with Gasteiger partial charge in [0.25, 0.3) is 5.91 Å². The Morgan fingerprint density at radius 1 is 0.882 bits per heavy atom. The lowest BCUT2D eigenvalue weighted by Crippen LogP contribution is -2.40. The maximum Gasteiger partial charge on any atom is 0.278 e. The van der Waals surface area contributed by atoms with Crippen LogP contribution in [0.1, 0.15) is 65.2 Å². The Morgan fingerprint density at radius 3 is 2.18 bits per heavy atom. The third kappa shape index (κ3) is 8.69. The normalized spacial score (nSPS) is 13.5. The van der Waals surface area contributed by atoms with E-state index in [1.165, 1.54) is 25.3 Å². The van der Waals surface area contributed by atoms with Gasteiger partial charge in [-0.1, -0.05) is 55.7 Å². The molecule has 0 spiro atoms. The molecule has 0 radical (unpaired) electrons. The average Bonchev–Trinajstić information content (AvgIpc) is 3.14. The average molecular weight is 733 g/mol. The molecule has 1 aliphatic carbocycles. The lowest BCUT2D eigenvalue weighted by molar-refractivity contribution is -0.117. The first-order chi connectivity index (χ1) is 24.4. The van der Waals surface area contributed by atoms with Crippen molar-refractivity contribution in [3.63, 3.8) is 0 Å². The van der Waals surface area contributed by atoms with Gasteiger partial charge in [0.2, 0.25) is 21.7 Å². The first-order valence-corrected chi connectivity index (χ1v) is 17.3. The van der Waals surface area contributed by atoms with Crippen LogP contribution in [0, 0.1) is 29.1 Å². The van der Waals surface area contributed by atoms with Crippen molar-refractivity contribution in [2.45, 2.75) is 56.1 Å². The molecule has 1 aromatic heterocycles. The number of hydrogen-bond donors (Lipinski definition) is 2. The zero-order valence-electron chi connectivity index (χ0n) is 27.2. The number of benzene rings is 3. The van der Waals surface area contributed by atoms with E-state index in [-0.39, 0.29) is 30.2 Å². The fourth-order valence-corrected chi connectivity index (χ4v) is 6.82. The molecule has 5 rings (SSSR count). The summed E-state index contributed by atoms with van der Waals surface area (Å²) in [6.07, 6.45) is 7.10. The smallest absolute Gasteiger partial charge is 0.278 e. The van der Waals surface area contributed by atoms with Crippen LogP contribution in [0.4, 0.5) is 27.6 Å². The second kappa shape index (κ2) is 16.4. The van der Waals surface area contributed by atoms with E-state index in [2.05, 4.69) is 10.5 Å². The summed E-state index contributed by atoms with van der Waals surface area (Å²) in [6.45, 7) is -1.42. The minimum absolute atomic E-state index is 0.00583. The van der Waals surface area contributed by atoms with Gasteiger partial charge in [0.1, 0.15) is 12.4 Å². The van der Waals surface area contributed by atoms with E-state index < -0.39 is 62.4 Å². The number of aromatic nitrogens is 1. The molecule has 0 unspecified atom stereocenters. The highest BCUT2D eigenvalue weighted by Crippen LogP contribution is 2.33. The number of sulfonamides is 1. The lowest BCUT2D eigenvalue weighted by Gasteiger charge is -2.25. The van der Waals surface area contributed by atoms with E-state index in [4.69, 9.17) is 9.57 Å². The van der Waals surface area contributed by atoms with E-state index in [1.807, 2.05) is 6.07 Å². The van der Waals surface area contributed by atoms with E-state index >= 15 is 0 Å². The van der Waals surface area contributed by atoms with Crippen LogP contribution in [0.5, 0.6) is 5.75 Å². The Hall–Kier alpha value is -4.93. The summed E-state index contributed by atoms with van der Waals surface area (Å²) in [4.78, 5) is 34.7. The zero-order valence-corrected chi connectivity index (χ0v) is 28.0. The fourth-order valence-electron chi connectivity index (χ4n) is 5.71. The van der Waals surface area contributed by atoms with Gasteiger partial charge < -0.3 is 9.64 Å². The summed E-state index contributed by atoms with van der Waals surface area (Å²) in [5.41, 5.74) is 4.45. The summed E-state index contributed by atoms with van der Waals surface area (Å²) in [6, 6.07) is 16.6. The van der Waals surface area contributed by atoms with E-state index in [9.17, 15) is 40.0 Å². The number of pyridine rings is 1. The number of carbonyl (C=O) groups is 2. The number of ether oxygens (including phenoxy) is 1. The van der Waals surface area contributed by atoms with Crippen molar-refractivity contribution in [3.05, 3.63) is 118 Å². The maximum absolute atomic E-state index is 14.4.